The monoisotopic (exact) mass is 340 g/mol. The molecule has 0 aliphatic carbocycles. The summed E-state index contributed by atoms with van der Waals surface area (Å²) in [5.41, 5.74) is -0.356. The lowest BCUT2D eigenvalue weighted by molar-refractivity contribution is 0.359. The summed E-state index contributed by atoms with van der Waals surface area (Å²) in [4.78, 5) is 0. The molecule has 4 nitrogen and oxygen atoms in total. The van der Waals surface area contributed by atoms with Gasteiger partial charge in [0.05, 0.1) is 0 Å². The zero-order valence-corrected chi connectivity index (χ0v) is 13.8. The van der Waals surface area contributed by atoms with Crippen molar-refractivity contribution < 1.29 is 8.42 Å². The Morgan fingerprint density at radius 1 is 1.11 bits per heavy atom. The van der Waals surface area contributed by atoms with Crippen molar-refractivity contribution in [3.63, 3.8) is 0 Å². The summed E-state index contributed by atoms with van der Waals surface area (Å²) in [6.07, 6.45) is 5.80. The highest BCUT2D eigenvalue weighted by Crippen LogP contribution is 2.21. The lowest BCUT2D eigenvalue weighted by Gasteiger charge is -2.33. The predicted molar refractivity (Wildman–Crippen MR) is 79.2 cm³/mol. The van der Waals surface area contributed by atoms with Gasteiger partial charge in [-0.15, -0.1) is 0 Å². The maximum absolute atomic E-state index is 12.4. The first-order valence-electron chi connectivity index (χ1n) is 6.84. The molecule has 0 atom stereocenters. The third kappa shape index (κ3) is 4.18. The Morgan fingerprint density at radius 2 is 1.61 bits per heavy atom. The first-order chi connectivity index (χ1) is 8.49. The van der Waals surface area contributed by atoms with Gasteiger partial charge >= 0.3 is 0 Å². The van der Waals surface area contributed by atoms with Gasteiger partial charge in [-0.25, -0.2) is 0 Å². The number of nitrogens with zero attached hydrogens (tertiary/aromatic N) is 1. The third-order valence-corrected chi connectivity index (χ3v) is 6.67. The predicted octanol–water partition coefficient (Wildman–Crippen LogP) is 2.65. The van der Waals surface area contributed by atoms with E-state index in [1.54, 1.807) is 4.31 Å². The van der Waals surface area contributed by atoms with Crippen LogP contribution in [0, 0.1) is 0 Å². The summed E-state index contributed by atoms with van der Waals surface area (Å²) >= 11 is 3.44. The van der Waals surface area contributed by atoms with Gasteiger partial charge in [-0.05, 0) is 25.7 Å². The molecule has 18 heavy (non-hydrogen) atoms. The van der Waals surface area contributed by atoms with E-state index in [1.807, 2.05) is 13.8 Å². The van der Waals surface area contributed by atoms with Crippen molar-refractivity contribution >= 4 is 26.1 Å². The van der Waals surface area contributed by atoms with Crippen LogP contribution in [0.3, 0.4) is 0 Å². The van der Waals surface area contributed by atoms with Crippen molar-refractivity contribution in [2.75, 3.05) is 18.4 Å². The van der Waals surface area contributed by atoms with Gasteiger partial charge in [0.1, 0.15) is 0 Å². The number of hydrogen-bond acceptors (Lipinski definition) is 2. The van der Waals surface area contributed by atoms with Crippen molar-refractivity contribution in [1.82, 2.24) is 9.03 Å². The normalized spacial score (nSPS) is 19.7. The number of nitrogens with one attached hydrogen (secondary N) is 1. The van der Waals surface area contributed by atoms with Crippen molar-refractivity contribution in [2.24, 2.45) is 0 Å². The first kappa shape index (κ1) is 16.4. The second-order valence-corrected chi connectivity index (χ2v) is 7.27. The molecule has 1 aliphatic heterocycles. The standard InChI is InChI=1S/C12H25BrN2O2S/c1-3-12(4-2,11-13)14-18(16,17)15-9-7-5-6-8-10-15/h14H,3-11H2,1-2H3. The molecule has 0 bridgehead atoms. The maximum Gasteiger partial charge on any atom is 0.279 e. The van der Waals surface area contributed by atoms with Crippen LogP contribution in [-0.2, 0) is 10.2 Å². The molecule has 1 N–H and O–H groups in total. The zero-order chi connectivity index (χ0) is 13.6. The molecule has 0 spiro atoms. The van der Waals surface area contributed by atoms with Crippen LogP contribution in [0.2, 0.25) is 0 Å². The van der Waals surface area contributed by atoms with Crippen LogP contribution >= 0.6 is 15.9 Å². The Hall–Kier alpha value is 0.350. The Morgan fingerprint density at radius 3 is 2.00 bits per heavy atom. The molecule has 1 rings (SSSR count). The molecule has 108 valence electrons. The largest absolute Gasteiger partial charge is 0.279 e. The highest BCUT2D eigenvalue weighted by molar-refractivity contribution is 9.09. The topological polar surface area (TPSA) is 49.4 Å². The van der Waals surface area contributed by atoms with Gasteiger partial charge in [-0.2, -0.15) is 17.4 Å². The number of hydrogen-bond donors (Lipinski definition) is 1. The smallest absolute Gasteiger partial charge is 0.195 e. The minimum Gasteiger partial charge on any atom is -0.195 e. The molecular weight excluding hydrogens is 316 g/mol. The molecule has 0 amide bonds. The molecule has 6 heteroatoms. The number of rotatable bonds is 6. The minimum atomic E-state index is -3.35. The second-order valence-electron chi connectivity index (χ2n) is 5.04. The van der Waals surface area contributed by atoms with Gasteiger partial charge in [0.15, 0.2) is 0 Å². The third-order valence-electron chi connectivity index (χ3n) is 3.86. The molecule has 1 saturated heterocycles. The highest BCUT2D eigenvalue weighted by Gasteiger charge is 2.33. The van der Waals surface area contributed by atoms with Crippen LogP contribution < -0.4 is 4.72 Å². The van der Waals surface area contributed by atoms with Crippen LogP contribution in [-0.4, -0.2) is 36.7 Å². The molecular formula is C12H25BrN2O2S. The van der Waals surface area contributed by atoms with E-state index in [0.29, 0.717) is 18.4 Å². The van der Waals surface area contributed by atoms with E-state index in [-0.39, 0.29) is 5.54 Å². The Kier molecular flexibility index (Phi) is 6.58. The average molecular weight is 341 g/mol. The Labute approximate surface area is 120 Å². The summed E-state index contributed by atoms with van der Waals surface area (Å²) in [7, 11) is -3.35. The van der Waals surface area contributed by atoms with E-state index in [2.05, 4.69) is 20.7 Å². The molecule has 0 aromatic heterocycles. The van der Waals surface area contributed by atoms with Crippen LogP contribution in [0.25, 0.3) is 0 Å². The lowest BCUT2D eigenvalue weighted by atomic mass is 9.97. The van der Waals surface area contributed by atoms with Gasteiger partial charge in [-0.1, -0.05) is 42.6 Å². The van der Waals surface area contributed by atoms with E-state index in [9.17, 15) is 8.42 Å². The number of halogens is 1. The van der Waals surface area contributed by atoms with Crippen molar-refractivity contribution in [3.8, 4) is 0 Å². The van der Waals surface area contributed by atoms with Crippen molar-refractivity contribution in [2.45, 2.75) is 57.9 Å². The van der Waals surface area contributed by atoms with Crippen LogP contribution in [0.15, 0.2) is 0 Å². The van der Waals surface area contributed by atoms with Crippen molar-refractivity contribution in [3.05, 3.63) is 0 Å². The van der Waals surface area contributed by atoms with E-state index in [0.717, 1.165) is 38.5 Å². The van der Waals surface area contributed by atoms with Gasteiger partial charge in [0.25, 0.3) is 10.2 Å². The molecule has 0 radical (unpaired) electrons. The molecule has 0 aromatic carbocycles. The average Bonchev–Trinajstić information content (AvgIpc) is 2.65. The quantitative estimate of drug-likeness (QED) is 0.755. The zero-order valence-electron chi connectivity index (χ0n) is 11.4. The highest BCUT2D eigenvalue weighted by atomic mass is 79.9. The first-order valence-corrected chi connectivity index (χ1v) is 9.41. The van der Waals surface area contributed by atoms with Gasteiger partial charge in [0, 0.05) is 24.0 Å². The second kappa shape index (κ2) is 7.22. The van der Waals surface area contributed by atoms with Crippen LogP contribution in [0.5, 0.6) is 0 Å². The van der Waals surface area contributed by atoms with E-state index in [1.165, 1.54) is 0 Å². The fourth-order valence-electron chi connectivity index (χ4n) is 2.23. The SMILES string of the molecule is CCC(CC)(CBr)NS(=O)(=O)N1CCCCCC1. The van der Waals surface area contributed by atoms with Gasteiger partial charge < -0.3 is 0 Å². The maximum atomic E-state index is 12.4. The molecule has 1 fully saturated rings. The molecule has 1 aliphatic rings. The summed E-state index contributed by atoms with van der Waals surface area (Å²) in [6.45, 7) is 5.35. The molecule has 0 aromatic rings. The fourth-order valence-corrected chi connectivity index (χ4v) is 5.13. The van der Waals surface area contributed by atoms with E-state index >= 15 is 0 Å². The summed E-state index contributed by atoms with van der Waals surface area (Å²) in [5, 5.41) is 0.653. The van der Waals surface area contributed by atoms with Crippen LogP contribution in [0.1, 0.15) is 52.4 Å². The van der Waals surface area contributed by atoms with E-state index in [4.69, 9.17) is 0 Å². The fraction of sp³-hybridized carbons (Fsp3) is 1.00. The molecule has 0 saturated carbocycles. The summed E-state index contributed by atoms with van der Waals surface area (Å²) < 4.78 is 29.4. The lowest BCUT2D eigenvalue weighted by Crippen LogP contribution is -2.54. The molecule has 1 heterocycles. The minimum absolute atomic E-state index is 0.356. The molecule has 0 unspecified atom stereocenters. The summed E-state index contributed by atoms with van der Waals surface area (Å²) in [6, 6.07) is 0. The van der Waals surface area contributed by atoms with Crippen LogP contribution in [0.4, 0.5) is 0 Å². The Balaban J connectivity index is 2.78. The van der Waals surface area contributed by atoms with Gasteiger partial charge in [-0.3, -0.25) is 0 Å². The van der Waals surface area contributed by atoms with E-state index < -0.39 is 10.2 Å². The Bertz CT molecular complexity index is 326. The van der Waals surface area contributed by atoms with Crippen molar-refractivity contribution in [1.29, 1.82) is 0 Å². The number of alkyl halides is 1. The summed E-state index contributed by atoms with van der Waals surface area (Å²) in [5.74, 6) is 0. The van der Waals surface area contributed by atoms with Gasteiger partial charge in [0.2, 0.25) is 0 Å².